The standard InChI is InChI=1S/C10H20N2O3/c1-5(2)7(11)8(13)10(12,6(3)4)9(14)15/h5-7H,11-12H2,1-4H3,(H,14,15). The maximum absolute atomic E-state index is 11.9. The Bertz CT molecular complexity index is 263. The quantitative estimate of drug-likeness (QED) is 0.560. The van der Waals surface area contributed by atoms with Crippen molar-refractivity contribution in [2.24, 2.45) is 23.3 Å². The van der Waals surface area contributed by atoms with Crippen molar-refractivity contribution in [2.75, 3.05) is 0 Å². The van der Waals surface area contributed by atoms with Crippen LogP contribution in [0.2, 0.25) is 0 Å². The SMILES string of the molecule is CC(C)C(N)C(=O)C(N)(C(=O)O)C(C)C. The molecule has 2 unspecified atom stereocenters. The van der Waals surface area contributed by atoms with Crippen LogP contribution in [0.15, 0.2) is 0 Å². The van der Waals surface area contributed by atoms with Crippen molar-refractivity contribution >= 4 is 11.8 Å². The normalized spacial score (nSPS) is 17.6. The van der Waals surface area contributed by atoms with Crippen molar-refractivity contribution in [1.29, 1.82) is 0 Å². The molecule has 0 aliphatic carbocycles. The summed E-state index contributed by atoms with van der Waals surface area (Å²) in [7, 11) is 0. The second kappa shape index (κ2) is 4.72. The van der Waals surface area contributed by atoms with Gasteiger partial charge in [0.25, 0.3) is 0 Å². The lowest BCUT2D eigenvalue weighted by Crippen LogP contribution is -2.64. The second-order valence-corrected chi connectivity index (χ2v) is 4.46. The number of aliphatic carboxylic acids is 1. The third-order valence-corrected chi connectivity index (χ3v) is 2.69. The Kier molecular flexibility index (Phi) is 4.42. The van der Waals surface area contributed by atoms with Crippen LogP contribution in [-0.4, -0.2) is 28.4 Å². The van der Waals surface area contributed by atoms with E-state index in [1.807, 2.05) is 0 Å². The fourth-order valence-corrected chi connectivity index (χ4v) is 1.22. The van der Waals surface area contributed by atoms with Gasteiger partial charge in [-0.15, -0.1) is 0 Å². The molecule has 0 aliphatic rings. The van der Waals surface area contributed by atoms with Gasteiger partial charge in [-0.3, -0.25) is 4.79 Å². The van der Waals surface area contributed by atoms with Crippen LogP contribution < -0.4 is 11.5 Å². The van der Waals surface area contributed by atoms with Crippen LogP contribution in [0.25, 0.3) is 0 Å². The van der Waals surface area contributed by atoms with Gasteiger partial charge in [-0.25, -0.2) is 4.79 Å². The van der Waals surface area contributed by atoms with Crippen molar-refractivity contribution < 1.29 is 14.7 Å². The topological polar surface area (TPSA) is 106 Å². The van der Waals surface area contributed by atoms with Crippen molar-refractivity contribution in [3.63, 3.8) is 0 Å². The summed E-state index contributed by atoms with van der Waals surface area (Å²) < 4.78 is 0. The average molecular weight is 216 g/mol. The van der Waals surface area contributed by atoms with Gasteiger partial charge < -0.3 is 16.6 Å². The van der Waals surface area contributed by atoms with E-state index < -0.39 is 29.3 Å². The fraction of sp³-hybridized carbons (Fsp3) is 0.800. The fourth-order valence-electron chi connectivity index (χ4n) is 1.22. The molecule has 0 amide bonds. The summed E-state index contributed by atoms with van der Waals surface area (Å²) in [6.45, 7) is 6.70. The number of carbonyl (C=O) groups is 2. The predicted molar refractivity (Wildman–Crippen MR) is 57.2 cm³/mol. The molecule has 0 aliphatic heterocycles. The lowest BCUT2D eigenvalue weighted by molar-refractivity contribution is -0.151. The number of nitrogens with two attached hydrogens (primary N) is 2. The Labute approximate surface area is 89.8 Å². The lowest BCUT2D eigenvalue weighted by atomic mass is 9.78. The largest absolute Gasteiger partial charge is 0.480 e. The molecule has 88 valence electrons. The third-order valence-electron chi connectivity index (χ3n) is 2.69. The van der Waals surface area contributed by atoms with Gasteiger partial charge in [-0.2, -0.15) is 0 Å². The van der Waals surface area contributed by atoms with E-state index in [2.05, 4.69) is 0 Å². The molecule has 0 saturated carbocycles. The number of ketones is 1. The van der Waals surface area contributed by atoms with Gasteiger partial charge in [-0.1, -0.05) is 27.7 Å². The molecular weight excluding hydrogens is 196 g/mol. The smallest absolute Gasteiger partial charge is 0.331 e. The van der Waals surface area contributed by atoms with Gasteiger partial charge in [0.05, 0.1) is 6.04 Å². The van der Waals surface area contributed by atoms with E-state index in [4.69, 9.17) is 16.6 Å². The van der Waals surface area contributed by atoms with E-state index in [-0.39, 0.29) is 5.92 Å². The summed E-state index contributed by atoms with van der Waals surface area (Å²) in [6.07, 6.45) is 0. The molecule has 0 saturated heterocycles. The van der Waals surface area contributed by atoms with Crippen molar-refractivity contribution in [3.8, 4) is 0 Å². The molecule has 0 aromatic heterocycles. The zero-order valence-corrected chi connectivity index (χ0v) is 9.65. The molecule has 0 aromatic carbocycles. The Morgan fingerprint density at radius 3 is 1.80 bits per heavy atom. The number of carbonyl (C=O) groups excluding carboxylic acids is 1. The average Bonchev–Trinajstić information content (AvgIpc) is 2.13. The van der Waals surface area contributed by atoms with Gasteiger partial charge in [0.15, 0.2) is 11.3 Å². The lowest BCUT2D eigenvalue weighted by Gasteiger charge is -2.30. The van der Waals surface area contributed by atoms with Crippen LogP contribution in [0.3, 0.4) is 0 Å². The van der Waals surface area contributed by atoms with Crippen LogP contribution >= 0.6 is 0 Å². The van der Waals surface area contributed by atoms with E-state index in [0.717, 1.165) is 0 Å². The summed E-state index contributed by atoms with van der Waals surface area (Å²) in [5.41, 5.74) is 9.38. The van der Waals surface area contributed by atoms with Gasteiger partial charge in [0.2, 0.25) is 0 Å². The van der Waals surface area contributed by atoms with Gasteiger partial charge in [-0.05, 0) is 11.8 Å². The zero-order chi connectivity index (χ0) is 12.4. The van der Waals surface area contributed by atoms with E-state index in [0.29, 0.717) is 0 Å². The molecular formula is C10H20N2O3. The molecule has 5 N–H and O–H groups in total. The molecule has 0 rings (SSSR count). The number of Topliss-reactive ketones (excluding diaryl/α,β-unsaturated/α-hetero) is 1. The molecule has 0 aromatic rings. The summed E-state index contributed by atoms with van der Waals surface area (Å²) in [5.74, 6) is -2.55. The molecule has 0 heterocycles. The first-order valence-electron chi connectivity index (χ1n) is 4.97. The van der Waals surface area contributed by atoms with Crippen molar-refractivity contribution in [1.82, 2.24) is 0 Å². The summed E-state index contributed by atoms with van der Waals surface area (Å²) >= 11 is 0. The van der Waals surface area contributed by atoms with Gasteiger partial charge >= 0.3 is 5.97 Å². The summed E-state index contributed by atoms with van der Waals surface area (Å²) in [5, 5.41) is 9.00. The first-order valence-corrected chi connectivity index (χ1v) is 4.97. The minimum absolute atomic E-state index is 0.126. The number of hydrogen-bond acceptors (Lipinski definition) is 4. The maximum Gasteiger partial charge on any atom is 0.331 e. The highest BCUT2D eigenvalue weighted by Crippen LogP contribution is 2.19. The monoisotopic (exact) mass is 216 g/mol. The molecule has 0 spiro atoms. The number of rotatable bonds is 5. The van der Waals surface area contributed by atoms with Crippen LogP contribution in [0.4, 0.5) is 0 Å². The Balaban J connectivity index is 5.13. The summed E-state index contributed by atoms with van der Waals surface area (Å²) in [4.78, 5) is 22.9. The molecule has 15 heavy (non-hydrogen) atoms. The predicted octanol–water partition coefficient (Wildman–Crippen LogP) is -0.0231. The maximum atomic E-state index is 11.9. The first kappa shape index (κ1) is 14.1. The van der Waals surface area contributed by atoms with Crippen LogP contribution in [0, 0.1) is 11.8 Å². The molecule has 0 bridgehead atoms. The number of carboxylic acids is 1. The Hall–Kier alpha value is -0.940. The molecule has 0 radical (unpaired) electrons. The highest BCUT2D eigenvalue weighted by molar-refractivity contribution is 6.10. The van der Waals surface area contributed by atoms with Crippen LogP contribution in [-0.2, 0) is 9.59 Å². The number of carboxylic acid groups (broad SMARTS) is 1. The highest BCUT2D eigenvalue weighted by atomic mass is 16.4. The van der Waals surface area contributed by atoms with Crippen LogP contribution in [0.1, 0.15) is 27.7 Å². The molecule has 2 atom stereocenters. The van der Waals surface area contributed by atoms with E-state index in [9.17, 15) is 9.59 Å². The third kappa shape index (κ3) is 2.54. The minimum Gasteiger partial charge on any atom is -0.480 e. The number of hydrogen-bond donors (Lipinski definition) is 3. The van der Waals surface area contributed by atoms with E-state index >= 15 is 0 Å². The van der Waals surface area contributed by atoms with Crippen LogP contribution in [0.5, 0.6) is 0 Å². The Morgan fingerprint density at radius 1 is 1.20 bits per heavy atom. The van der Waals surface area contributed by atoms with E-state index in [1.165, 1.54) is 0 Å². The first-order chi connectivity index (χ1) is 6.65. The zero-order valence-electron chi connectivity index (χ0n) is 9.65. The van der Waals surface area contributed by atoms with Crippen molar-refractivity contribution in [3.05, 3.63) is 0 Å². The Morgan fingerprint density at radius 2 is 1.60 bits per heavy atom. The second-order valence-electron chi connectivity index (χ2n) is 4.46. The molecule has 5 nitrogen and oxygen atoms in total. The van der Waals surface area contributed by atoms with E-state index in [1.54, 1.807) is 27.7 Å². The molecule has 5 heteroatoms. The minimum atomic E-state index is -1.89. The van der Waals surface area contributed by atoms with Crippen molar-refractivity contribution in [2.45, 2.75) is 39.3 Å². The molecule has 0 fully saturated rings. The highest BCUT2D eigenvalue weighted by Gasteiger charge is 2.47. The van der Waals surface area contributed by atoms with Gasteiger partial charge in [0.1, 0.15) is 0 Å². The van der Waals surface area contributed by atoms with Gasteiger partial charge in [0, 0.05) is 0 Å². The summed E-state index contributed by atoms with van der Waals surface area (Å²) in [6, 6.07) is -0.839.